The highest BCUT2D eigenvalue weighted by Gasteiger charge is 2.21. The number of nitro groups is 1. The maximum Gasteiger partial charge on any atom is 0.408 e. The molecule has 102 valence electrons. The van der Waals surface area contributed by atoms with Crippen LogP contribution in [-0.4, -0.2) is 17.6 Å². The smallest absolute Gasteiger partial charge is 0.392 e. The predicted molar refractivity (Wildman–Crippen MR) is 69.5 cm³/mol. The van der Waals surface area contributed by atoms with E-state index in [2.05, 4.69) is 4.74 Å². The van der Waals surface area contributed by atoms with Crippen molar-refractivity contribution in [1.29, 1.82) is 0 Å². The van der Waals surface area contributed by atoms with Crippen molar-refractivity contribution in [3.05, 3.63) is 76.1 Å². The number of pyridine rings is 1. The molecule has 1 aromatic heterocycles. The third-order valence-electron chi connectivity index (χ3n) is 2.65. The van der Waals surface area contributed by atoms with Gasteiger partial charge in [-0.1, -0.05) is 30.3 Å². The Hall–Kier alpha value is -2.76. The minimum Gasteiger partial charge on any atom is -0.392 e. The van der Waals surface area contributed by atoms with E-state index in [0.717, 1.165) is 5.56 Å². The summed E-state index contributed by atoms with van der Waals surface area (Å²) in [4.78, 5) is 21.4. The largest absolute Gasteiger partial charge is 0.408 e. The minimum atomic E-state index is -0.834. The molecule has 0 fully saturated rings. The van der Waals surface area contributed by atoms with Crippen molar-refractivity contribution < 1.29 is 19.0 Å². The predicted octanol–water partition coefficient (Wildman–Crippen LogP) is 1.41. The van der Waals surface area contributed by atoms with Gasteiger partial charge in [0, 0.05) is 17.7 Å². The molecule has 0 aliphatic heterocycles. The van der Waals surface area contributed by atoms with Gasteiger partial charge in [-0.15, -0.1) is 0 Å². The van der Waals surface area contributed by atoms with Crippen LogP contribution in [0.25, 0.3) is 0 Å². The van der Waals surface area contributed by atoms with Gasteiger partial charge in [-0.25, -0.2) is 4.79 Å². The van der Waals surface area contributed by atoms with E-state index in [1.54, 1.807) is 29.0 Å². The first-order valence-corrected chi connectivity index (χ1v) is 5.98. The Balaban J connectivity index is 2.18. The average molecular weight is 273 g/mol. The molecule has 0 bridgehead atoms. The van der Waals surface area contributed by atoms with Gasteiger partial charge in [0.1, 0.15) is 0 Å². The molecule has 0 N–H and O–H groups in total. The number of carbonyl (C=O) groups is 1. The molecule has 20 heavy (non-hydrogen) atoms. The summed E-state index contributed by atoms with van der Waals surface area (Å²) in [6, 6.07) is 14.6. The molecular weight excluding hydrogens is 260 g/mol. The molecule has 0 spiro atoms. The fraction of sp³-hybridized carbons (Fsp3) is 0.143. The van der Waals surface area contributed by atoms with Gasteiger partial charge in [0.15, 0.2) is 12.7 Å². The summed E-state index contributed by atoms with van der Waals surface area (Å²) in [7, 11) is 0. The van der Waals surface area contributed by atoms with Crippen LogP contribution in [0.3, 0.4) is 0 Å². The molecule has 0 amide bonds. The van der Waals surface area contributed by atoms with E-state index in [1.165, 1.54) is 0 Å². The Morgan fingerprint density at radius 1 is 1.15 bits per heavy atom. The molecule has 2 rings (SSSR count). The third-order valence-corrected chi connectivity index (χ3v) is 2.65. The van der Waals surface area contributed by atoms with Gasteiger partial charge in [-0.3, -0.25) is 10.1 Å². The van der Waals surface area contributed by atoms with Gasteiger partial charge in [0.2, 0.25) is 0 Å². The summed E-state index contributed by atoms with van der Waals surface area (Å²) >= 11 is 0. The highest BCUT2D eigenvalue weighted by molar-refractivity contribution is 5.85. The Morgan fingerprint density at radius 3 is 2.55 bits per heavy atom. The maximum atomic E-state index is 11.8. The van der Waals surface area contributed by atoms with Crippen LogP contribution in [0.2, 0.25) is 0 Å². The minimum absolute atomic E-state index is 0.276. The number of nitrogens with zero attached hydrogens (tertiary/aromatic N) is 2. The third kappa shape index (κ3) is 3.61. The molecule has 0 radical (unpaired) electrons. The first kappa shape index (κ1) is 13.7. The standard InChI is InChI=1S/C14H13N2O4/c17-14(20-11-16(18)19)13-8-4-5-9-15(13)10-12-6-2-1-3-7-12/h1-9H,10-11H2/q+1. The monoisotopic (exact) mass is 273 g/mol. The maximum absolute atomic E-state index is 11.8. The molecule has 2 aromatic rings. The lowest BCUT2D eigenvalue weighted by Gasteiger charge is -2.02. The first-order valence-electron chi connectivity index (χ1n) is 5.98. The number of aromatic nitrogens is 1. The normalized spacial score (nSPS) is 10.0. The van der Waals surface area contributed by atoms with E-state index in [-0.39, 0.29) is 5.69 Å². The Bertz CT molecular complexity index is 614. The summed E-state index contributed by atoms with van der Waals surface area (Å²) in [5, 5.41) is 10.2. The van der Waals surface area contributed by atoms with Gasteiger partial charge in [0.25, 0.3) is 5.69 Å². The molecule has 0 unspecified atom stereocenters. The average Bonchev–Trinajstić information content (AvgIpc) is 2.46. The summed E-state index contributed by atoms with van der Waals surface area (Å²) in [6.07, 6.45) is 1.73. The molecular formula is C14H13N2O4+. The number of esters is 1. The van der Waals surface area contributed by atoms with E-state index in [4.69, 9.17) is 0 Å². The van der Waals surface area contributed by atoms with Gasteiger partial charge in [-0.05, 0) is 6.07 Å². The van der Waals surface area contributed by atoms with Gasteiger partial charge in [0.05, 0.1) is 4.92 Å². The van der Waals surface area contributed by atoms with Crippen LogP contribution >= 0.6 is 0 Å². The number of benzene rings is 1. The van der Waals surface area contributed by atoms with E-state index < -0.39 is 17.6 Å². The molecule has 6 nitrogen and oxygen atoms in total. The zero-order valence-corrected chi connectivity index (χ0v) is 10.6. The zero-order valence-electron chi connectivity index (χ0n) is 10.6. The molecule has 0 aliphatic carbocycles. The molecule has 0 saturated heterocycles. The summed E-state index contributed by atoms with van der Waals surface area (Å²) in [5.74, 6) is -0.710. The van der Waals surface area contributed by atoms with Crippen LogP contribution in [-0.2, 0) is 11.3 Å². The van der Waals surface area contributed by atoms with Crippen molar-refractivity contribution in [2.45, 2.75) is 6.54 Å². The second kappa shape index (κ2) is 6.42. The van der Waals surface area contributed by atoms with E-state index >= 15 is 0 Å². The van der Waals surface area contributed by atoms with E-state index in [1.807, 2.05) is 30.3 Å². The number of ether oxygens (including phenoxy) is 1. The lowest BCUT2D eigenvalue weighted by Crippen LogP contribution is -2.41. The van der Waals surface area contributed by atoms with Crippen LogP contribution < -0.4 is 4.57 Å². The number of hydrogen-bond donors (Lipinski definition) is 0. The highest BCUT2D eigenvalue weighted by atomic mass is 16.7. The molecule has 1 heterocycles. The number of carbonyl (C=O) groups excluding carboxylic acids is 1. The van der Waals surface area contributed by atoms with Gasteiger partial charge < -0.3 is 4.74 Å². The van der Waals surface area contributed by atoms with Crippen molar-refractivity contribution in [3.8, 4) is 0 Å². The van der Waals surface area contributed by atoms with Crippen molar-refractivity contribution in [1.82, 2.24) is 0 Å². The lowest BCUT2D eigenvalue weighted by atomic mass is 10.2. The summed E-state index contributed by atoms with van der Waals surface area (Å²) in [6.45, 7) is -0.344. The molecule has 0 aliphatic rings. The van der Waals surface area contributed by atoms with Crippen LogP contribution in [0.5, 0.6) is 0 Å². The van der Waals surface area contributed by atoms with Gasteiger partial charge >= 0.3 is 12.7 Å². The van der Waals surface area contributed by atoms with Crippen molar-refractivity contribution in [3.63, 3.8) is 0 Å². The fourth-order valence-electron chi connectivity index (χ4n) is 1.76. The van der Waals surface area contributed by atoms with E-state index in [0.29, 0.717) is 6.54 Å². The number of rotatable bonds is 5. The first-order chi connectivity index (χ1) is 9.66. The zero-order chi connectivity index (χ0) is 14.4. The summed E-state index contributed by atoms with van der Waals surface area (Å²) in [5.41, 5.74) is 1.30. The fourth-order valence-corrected chi connectivity index (χ4v) is 1.76. The van der Waals surface area contributed by atoms with Crippen molar-refractivity contribution >= 4 is 5.97 Å². The van der Waals surface area contributed by atoms with Gasteiger partial charge in [-0.2, -0.15) is 4.57 Å². The van der Waals surface area contributed by atoms with Crippen LogP contribution in [0.15, 0.2) is 54.7 Å². The van der Waals surface area contributed by atoms with Crippen LogP contribution in [0.4, 0.5) is 0 Å². The Kier molecular flexibility index (Phi) is 4.39. The second-order valence-electron chi connectivity index (χ2n) is 4.09. The summed E-state index contributed by atoms with van der Waals surface area (Å²) < 4.78 is 6.30. The van der Waals surface area contributed by atoms with E-state index in [9.17, 15) is 14.9 Å². The van der Waals surface area contributed by atoms with Crippen LogP contribution in [0, 0.1) is 10.1 Å². The molecule has 0 atom stereocenters. The second-order valence-corrected chi connectivity index (χ2v) is 4.09. The molecule has 1 aromatic carbocycles. The lowest BCUT2D eigenvalue weighted by molar-refractivity contribution is -0.691. The highest BCUT2D eigenvalue weighted by Crippen LogP contribution is 2.01. The number of hydrogen-bond acceptors (Lipinski definition) is 4. The molecule has 0 saturated carbocycles. The Labute approximate surface area is 115 Å². The van der Waals surface area contributed by atoms with Crippen molar-refractivity contribution in [2.24, 2.45) is 0 Å². The van der Waals surface area contributed by atoms with Crippen LogP contribution in [0.1, 0.15) is 16.1 Å². The molecule has 6 heteroatoms. The topological polar surface area (TPSA) is 73.3 Å². The SMILES string of the molecule is O=C(OC[N+](=O)[O-])c1cccc[n+]1Cc1ccccc1. The quantitative estimate of drug-likeness (QED) is 0.271. The Morgan fingerprint density at radius 2 is 1.85 bits per heavy atom. The van der Waals surface area contributed by atoms with Crippen molar-refractivity contribution in [2.75, 3.05) is 6.73 Å².